The Kier molecular flexibility index (Phi) is 7.20. The van der Waals surface area contributed by atoms with Gasteiger partial charge in [-0.1, -0.05) is 13.8 Å². The van der Waals surface area contributed by atoms with Crippen LogP contribution in [0.25, 0.3) is 0 Å². The lowest BCUT2D eigenvalue weighted by molar-refractivity contribution is 0.293. The van der Waals surface area contributed by atoms with Crippen molar-refractivity contribution in [3.63, 3.8) is 0 Å². The molecule has 0 aliphatic rings. The number of unbranched alkanes of at least 4 members (excludes halogenated alkanes) is 1. The van der Waals surface area contributed by atoms with Crippen molar-refractivity contribution in [1.82, 2.24) is 10.2 Å². The van der Waals surface area contributed by atoms with E-state index in [-0.39, 0.29) is 5.54 Å². The quantitative estimate of drug-likeness (QED) is 0.635. The van der Waals surface area contributed by atoms with Gasteiger partial charge in [0.1, 0.15) is 0 Å². The van der Waals surface area contributed by atoms with Gasteiger partial charge in [0.05, 0.1) is 0 Å². The molecule has 0 aromatic rings. The number of hydrogen-bond acceptors (Lipinski definition) is 2. The molecule has 0 radical (unpaired) electrons. The zero-order valence-electron chi connectivity index (χ0n) is 10.7. The van der Waals surface area contributed by atoms with E-state index in [1.807, 2.05) is 0 Å². The van der Waals surface area contributed by atoms with E-state index in [1.165, 1.54) is 32.5 Å². The molecule has 0 spiro atoms. The molecule has 0 saturated heterocycles. The van der Waals surface area contributed by atoms with Crippen molar-refractivity contribution in [3.05, 3.63) is 0 Å². The summed E-state index contributed by atoms with van der Waals surface area (Å²) >= 11 is 0. The van der Waals surface area contributed by atoms with E-state index in [2.05, 4.69) is 44.8 Å². The van der Waals surface area contributed by atoms with Gasteiger partial charge < -0.3 is 10.2 Å². The lowest BCUT2D eigenvalue weighted by Gasteiger charge is -2.21. The first-order chi connectivity index (χ1) is 6.49. The molecule has 1 N–H and O–H groups in total. The molecular weight excluding hydrogens is 172 g/mol. The van der Waals surface area contributed by atoms with Crippen molar-refractivity contribution in [2.24, 2.45) is 0 Å². The maximum atomic E-state index is 3.51. The highest BCUT2D eigenvalue weighted by Crippen LogP contribution is 2.00. The van der Waals surface area contributed by atoms with Gasteiger partial charge >= 0.3 is 0 Å². The van der Waals surface area contributed by atoms with Crippen LogP contribution >= 0.6 is 0 Å². The monoisotopic (exact) mass is 200 g/mol. The van der Waals surface area contributed by atoms with E-state index in [1.54, 1.807) is 0 Å². The van der Waals surface area contributed by atoms with Crippen molar-refractivity contribution in [2.45, 2.75) is 53.0 Å². The van der Waals surface area contributed by atoms with Crippen molar-refractivity contribution < 1.29 is 0 Å². The lowest BCUT2D eigenvalue weighted by Crippen LogP contribution is -2.36. The molecule has 0 heterocycles. The van der Waals surface area contributed by atoms with Gasteiger partial charge in [-0.3, -0.25) is 0 Å². The predicted molar refractivity (Wildman–Crippen MR) is 64.8 cm³/mol. The van der Waals surface area contributed by atoms with Crippen molar-refractivity contribution in [3.8, 4) is 0 Å². The molecule has 0 unspecified atom stereocenters. The third kappa shape index (κ3) is 8.52. The predicted octanol–water partition coefficient (Wildman–Crippen LogP) is 2.50. The molecule has 0 aliphatic carbocycles. The summed E-state index contributed by atoms with van der Waals surface area (Å²) in [6.45, 7) is 15.9. The molecule has 0 fully saturated rings. The molecule has 0 bridgehead atoms. The Labute approximate surface area is 90.1 Å². The van der Waals surface area contributed by atoms with Gasteiger partial charge in [0.25, 0.3) is 0 Å². The average molecular weight is 200 g/mol. The molecule has 0 saturated carbocycles. The number of nitrogens with zero attached hydrogens (tertiary/aromatic N) is 1. The molecule has 0 atom stereocenters. The first-order valence-electron chi connectivity index (χ1n) is 5.97. The highest BCUT2D eigenvalue weighted by atomic mass is 15.1. The van der Waals surface area contributed by atoms with Crippen LogP contribution in [0.15, 0.2) is 0 Å². The van der Waals surface area contributed by atoms with E-state index in [9.17, 15) is 0 Å². The Hall–Kier alpha value is -0.0800. The van der Waals surface area contributed by atoms with Crippen molar-refractivity contribution in [1.29, 1.82) is 0 Å². The molecule has 0 aliphatic heterocycles. The van der Waals surface area contributed by atoms with Gasteiger partial charge in [-0.2, -0.15) is 0 Å². The molecule has 86 valence electrons. The summed E-state index contributed by atoms with van der Waals surface area (Å²) in [4.78, 5) is 2.48. The van der Waals surface area contributed by atoms with Crippen LogP contribution in [0.4, 0.5) is 0 Å². The number of rotatable bonds is 7. The third-order valence-electron chi connectivity index (χ3n) is 2.45. The maximum Gasteiger partial charge on any atom is 0.00965 e. The number of hydrogen-bond donors (Lipinski definition) is 1. The zero-order valence-corrected chi connectivity index (χ0v) is 10.7. The van der Waals surface area contributed by atoms with Gasteiger partial charge in [-0.15, -0.1) is 0 Å². The molecule has 2 nitrogen and oxygen atoms in total. The highest BCUT2D eigenvalue weighted by molar-refractivity contribution is 4.69. The van der Waals surface area contributed by atoms with Gasteiger partial charge in [0.15, 0.2) is 0 Å². The fourth-order valence-corrected chi connectivity index (χ4v) is 1.46. The topological polar surface area (TPSA) is 15.3 Å². The molecule has 0 amide bonds. The largest absolute Gasteiger partial charge is 0.312 e. The number of nitrogens with one attached hydrogen (secondary N) is 1. The standard InChI is InChI=1S/C12H28N2/c1-6-14(7-2)11-9-8-10-13-12(3,4)5/h13H,6-11H2,1-5H3. The normalized spacial score (nSPS) is 12.4. The third-order valence-corrected chi connectivity index (χ3v) is 2.45. The molecule has 0 rings (SSSR count). The van der Waals surface area contributed by atoms with Crippen LogP contribution in [-0.2, 0) is 0 Å². The zero-order chi connectivity index (χ0) is 11.0. The van der Waals surface area contributed by atoms with Crippen molar-refractivity contribution in [2.75, 3.05) is 26.2 Å². The van der Waals surface area contributed by atoms with E-state index in [0.29, 0.717) is 0 Å². The van der Waals surface area contributed by atoms with Gasteiger partial charge in [0.2, 0.25) is 0 Å². The molecule has 2 heteroatoms. The Bertz CT molecular complexity index is 123. The van der Waals surface area contributed by atoms with Crippen LogP contribution in [-0.4, -0.2) is 36.6 Å². The molecule has 14 heavy (non-hydrogen) atoms. The van der Waals surface area contributed by atoms with Crippen LogP contribution < -0.4 is 5.32 Å². The summed E-state index contributed by atoms with van der Waals surface area (Å²) in [6, 6.07) is 0. The van der Waals surface area contributed by atoms with Gasteiger partial charge in [-0.05, 0) is 59.8 Å². The smallest absolute Gasteiger partial charge is 0.00965 e. The Morgan fingerprint density at radius 3 is 2.00 bits per heavy atom. The summed E-state index contributed by atoms with van der Waals surface area (Å²) in [5.74, 6) is 0. The Morgan fingerprint density at radius 2 is 1.57 bits per heavy atom. The summed E-state index contributed by atoms with van der Waals surface area (Å²) < 4.78 is 0. The van der Waals surface area contributed by atoms with E-state index in [0.717, 1.165) is 6.54 Å². The minimum absolute atomic E-state index is 0.273. The second kappa shape index (κ2) is 7.24. The SMILES string of the molecule is CCN(CC)CCCCNC(C)(C)C. The Balaban J connectivity index is 3.29. The second-order valence-corrected chi connectivity index (χ2v) is 4.91. The van der Waals surface area contributed by atoms with Gasteiger partial charge in [-0.25, -0.2) is 0 Å². The molecular formula is C12H28N2. The van der Waals surface area contributed by atoms with Crippen LogP contribution in [0.5, 0.6) is 0 Å². The van der Waals surface area contributed by atoms with E-state index in [4.69, 9.17) is 0 Å². The fourth-order valence-electron chi connectivity index (χ4n) is 1.46. The molecule has 0 aromatic heterocycles. The van der Waals surface area contributed by atoms with Crippen LogP contribution in [0, 0.1) is 0 Å². The average Bonchev–Trinajstić information content (AvgIpc) is 2.09. The fraction of sp³-hybridized carbons (Fsp3) is 1.00. The second-order valence-electron chi connectivity index (χ2n) is 4.91. The summed E-state index contributed by atoms with van der Waals surface area (Å²) in [7, 11) is 0. The highest BCUT2D eigenvalue weighted by Gasteiger charge is 2.07. The van der Waals surface area contributed by atoms with Crippen LogP contribution in [0.1, 0.15) is 47.5 Å². The maximum absolute atomic E-state index is 3.51. The van der Waals surface area contributed by atoms with Gasteiger partial charge in [0, 0.05) is 5.54 Å². The van der Waals surface area contributed by atoms with Crippen molar-refractivity contribution >= 4 is 0 Å². The van der Waals surface area contributed by atoms with Crippen LogP contribution in [0.3, 0.4) is 0 Å². The minimum atomic E-state index is 0.273. The lowest BCUT2D eigenvalue weighted by atomic mass is 10.1. The summed E-state index contributed by atoms with van der Waals surface area (Å²) in [5.41, 5.74) is 0.273. The first kappa shape index (κ1) is 13.9. The summed E-state index contributed by atoms with van der Waals surface area (Å²) in [6.07, 6.45) is 2.60. The first-order valence-corrected chi connectivity index (χ1v) is 5.97. The summed E-state index contributed by atoms with van der Waals surface area (Å²) in [5, 5.41) is 3.51. The van der Waals surface area contributed by atoms with E-state index >= 15 is 0 Å². The minimum Gasteiger partial charge on any atom is -0.312 e. The molecule has 0 aromatic carbocycles. The van der Waals surface area contributed by atoms with Crippen LogP contribution in [0.2, 0.25) is 0 Å². The van der Waals surface area contributed by atoms with E-state index < -0.39 is 0 Å². The Morgan fingerprint density at radius 1 is 1.00 bits per heavy atom.